The first-order valence-corrected chi connectivity index (χ1v) is 6.78. The van der Waals surface area contributed by atoms with Crippen LogP contribution in [0.15, 0.2) is 42.5 Å². The lowest BCUT2D eigenvalue weighted by Crippen LogP contribution is -2.06. The average molecular weight is 297 g/mol. The van der Waals surface area contributed by atoms with Gasteiger partial charge in [0.1, 0.15) is 12.4 Å². The molecule has 4 N–H and O–H groups in total. The molecule has 0 fully saturated rings. The lowest BCUT2D eigenvalue weighted by Gasteiger charge is -2.09. The Hall–Kier alpha value is -2.86. The highest BCUT2D eigenvalue weighted by molar-refractivity contribution is 5.89. The number of phenolic OH excluding ortho intramolecular Hbond substituents is 1. The van der Waals surface area contributed by atoms with Gasteiger partial charge in [0.25, 0.3) is 0 Å². The second-order valence-corrected chi connectivity index (χ2v) is 4.74. The van der Waals surface area contributed by atoms with Crippen LogP contribution in [0.4, 0.5) is 5.95 Å². The molecular formula is C16H15N3O3. The number of hydrogen-bond acceptors (Lipinski definition) is 6. The van der Waals surface area contributed by atoms with E-state index in [9.17, 15) is 5.11 Å². The number of aliphatic hydroxyl groups excluding tert-OH is 1. The average Bonchev–Trinajstić information content (AvgIpc) is 2.52. The third kappa shape index (κ3) is 2.77. The Balaban J connectivity index is 2.13. The van der Waals surface area contributed by atoms with Gasteiger partial charge >= 0.3 is 0 Å². The van der Waals surface area contributed by atoms with Crippen molar-refractivity contribution in [2.24, 2.45) is 0 Å². The van der Waals surface area contributed by atoms with E-state index >= 15 is 0 Å². The Morgan fingerprint density at radius 2 is 1.86 bits per heavy atom. The summed E-state index contributed by atoms with van der Waals surface area (Å²) in [7, 11) is 0. The molecule has 3 rings (SSSR count). The van der Waals surface area contributed by atoms with E-state index in [1.807, 2.05) is 24.3 Å². The molecule has 0 aliphatic carbocycles. The molecule has 2 aromatic carbocycles. The zero-order valence-electron chi connectivity index (χ0n) is 11.7. The standard InChI is InChI=1S/C16H15N3O3/c17-16-18-14-5-4-11(10-2-1-3-12(21)8-10)9-13(14)15(19-16)22-7-6-20/h1-5,8-9,20-21H,6-7H2,(H2,17,18,19). The molecule has 0 radical (unpaired) electrons. The molecular weight excluding hydrogens is 282 g/mol. The van der Waals surface area contributed by atoms with Crippen LogP contribution in [0.25, 0.3) is 22.0 Å². The van der Waals surface area contributed by atoms with E-state index in [4.69, 9.17) is 15.6 Å². The third-order valence-corrected chi connectivity index (χ3v) is 3.19. The summed E-state index contributed by atoms with van der Waals surface area (Å²) in [6, 6.07) is 12.5. The summed E-state index contributed by atoms with van der Waals surface area (Å²) in [6.07, 6.45) is 0. The number of fused-ring (bicyclic) bond motifs is 1. The van der Waals surface area contributed by atoms with E-state index in [-0.39, 0.29) is 24.9 Å². The van der Waals surface area contributed by atoms with E-state index in [1.165, 1.54) is 0 Å². The van der Waals surface area contributed by atoms with Gasteiger partial charge in [-0.1, -0.05) is 18.2 Å². The lowest BCUT2D eigenvalue weighted by atomic mass is 10.0. The monoisotopic (exact) mass is 297 g/mol. The molecule has 0 aliphatic heterocycles. The molecule has 0 spiro atoms. The van der Waals surface area contributed by atoms with Gasteiger partial charge in [-0.3, -0.25) is 0 Å². The second kappa shape index (κ2) is 5.87. The fraction of sp³-hybridized carbons (Fsp3) is 0.125. The number of nitrogen functional groups attached to an aromatic ring is 1. The van der Waals surface area contributed by atoms with Crippen molar-refractivity contribution in [2.45, 2.75) is 0 Å². The van der Waals surface area contributed by atoms with Crippen LogP contribution in [0.3, 0.4) is 0 Å². The van der Waals surface area contributed by atoms with Gasteiger partial charge < -0.3 is 20.7 Å². The summed E-state index contributed by atoms with van der Waals surface area (Å²) >= 11 is 0. The maximum absolute atomic E-state index is 9.60. The Morgan fingerprint density at radius 1 is 1.05 bits per heavy atom. The fourth-order valence-corrected chi connectivity index (χ4v) is 2.23. The molecule has 22 heavy (non-hydrogen) atoms. The minimum absolute atomic E-state index is 0.113. The molecule has 0 bridgehead atoms. The van der Waals surface area contributed by atoms with Gasteiger partial charge in [0.15, 0.2) is 0 Å². The first kappa shape index (κ1) is 14.1. The van der Waals surface area contributed by atoms with Crippen molar-refractivity contribution in [3.63, 3.8) is 0 Å². The van der Waals surface area contributed by atoms with Crippen LogP contribution in [0.2, 0.25) is 0 Å². The van der Waals surface area contributed by atoms with E-state index in [0.29, 0.717) is 16.8 Å². The molecule has 6 nitrogen and oxygen atoms in total. The topological polar surface area (TPSA) is 101 Å². The van der Waals surface area contributed by atoms with E-state index in [1.54, 1.807) is 18.2 Å². The summed E-state index contributed by atoms with van der Waals surface area (Å²) in [5, 5.41) is 19.2. The van der Waals surface area contributed by atoms with Crippen LogP contribution in [0.5, 0.6) is 11.6 Å². The predicted octanol–water partition coefficient (Wildman–Crippen LogP) is 1.96. The van der Waals surface area contributed by atoms with Crippen molar-refractivity contribution < 1.29 is 14.9 Å². The molecule has 1 aromatic heterocycles. The summed E-state index contributed by atoms with van der Waals surface area (Å²) in [5.41, 5.74) is 8.09. The number of nitrogens with two attached hydrogens (primary N) is 1. The first-order valence-electron chi connectivity index (χ1n) is 6.78. The lowest BCUT2D eigenvalue weighted by molar-refractivity contribution is 0.198. The number of nitrogens with zero attached hydrogens (tertiary/aromatic N) is 2. The number of ether oxygens (including phenoxy) is 1. The van der Waals surface area contributed by atoms with Crippen LogP contribution >= 0.6 is 0 Å². The van der Waals surface area contributed by atoms with Crippen molar-refractivity contribution in [3.8, 4) is 22.8 Å². The van der Waals surface area contributed by atoms with Gasteiger partial charge in [-0.2, -0.15) is 4.98 Å². The number of benzene rings is 2. The highest BCUT2D eigenvalue weighted by Gasteiger charge is 2.09. The number of hydrogen-bond donors (Lipinski definition) is 3. The highest BCUT2D eigenvalue weighted by atomic mass is 16.5. The Bertz CT molecular complexity index is 821. The molecule has 0 amide bonds. The van der Waals surface area contributed by atoms with Crippen LogP contribution in [0, 0.1) is 0 Å². The quantitative estimate of drug-likeness (QED) is 0.680. The number of anilines is 1. The highest BCUT2D eigenvalue weighted by Crippen LogP contribution is 2.30. The summed E-state index contributed by atoms with van der Waals surface area (Å²) < 4.78 is 5.43. The van der Waals surface area contributed by atoms with Crippen molar-refractivity contribution in [3.05, 3.63) is 42.5 Å². The summed E-state index contributed by atoms with van der Waals surface area (Å²) in [6.45, 7) is 0.0134. The van der Waals surface area contributed by atoms with Crippen LogP contribution in [-0.2, 0) is 0 Å². The molecule has 0 atom stereocenters. The minimum Gasteiger partial charge on any atom is -0.508 e. The Kier molecular flexibility index (Phi) is 3.76. The number of phenols is 1. The second-order valence-electron chi connectivity index (χ2n) is 4.74. The number of aromatic hydroxyl groups is 1. The third-order valence-electron chi connectivity index (χ3n) is 3.19. The molecule has 0 aliphatic rings. The van der Waals surface area contributed by atoms with Crippen LogP contribution in [-0.4, -0.2) is 33.4 Å². The van der Waals surface area contributed by atoms with Crippen LogP contribution < -0.4 is 10.5 Å². The molecule has 1 heterocycles. The van der Waals surface area contributed by atoms with Crippen molar-refractivity contribution in [1.29, 1.82) is 0 Å². The van der Waals surface area contributed by atoms with Gasteiger partial charge in [-0.15, -0.1) is 0 Å². The molecule has 112 valence electrons. The normalized spacial score (nSPS) is 10.8. The van der Waals surface area contributed by atoms with E-state index in [0.717, 1.165) is 11.1 Å². The summed E-state index contributed by atoms with van der Waals surface area (Å²) in [5.74, 6) is 0.645. The predicted molar refractivity (Wildman–Crippen MR) is 83.6 cm³/mol. The summed E-state index contributed by atoms with van der Waals surface area (Å²) in [4.78, 5) is 8.25. The number of aromatic nitrogens is 2. The number of aliphatic hydroxyl groups is 1. The SMILES string of the molecule is Nc1nc(OCCO)c2cc(-c3cccc(O)c3)ccc2n1. The van der Waals surface area contributed by atoms with Gasteiger partial charge in [-0.25, -0.2) is 4.98 Å². The molecule has 6 heteroatoms. The molecule has 0 unspecified atom stereocenters. The minimum atomic E-state index is -0.113. The first-order chi connectivity index (χ1) is 10.7. The van der Waals surface area contributed by atoms with Gasteiger partial charge in [0, 0.05) is 0 Å². The maximum atomic E-state index is 9.60. The van der Waals surface area contributed by atoms with Crippen LogP contribution in [0.1, 0.15) is 0 Å². The van der Waals surface area contributed by atoms with Crippen molar-refractivity contribution in [1.82, 2.24) is 9.97 Å². The molecule has 3 aromatic rings. The zero-order valence-corrected chi connectivity index (χ0v) is 11.7. The zero-order chi connectivity index (χ0) is 15.5. The number of rotatable bonds is 4. The molecule has 0 saturated heterocycles. The van der Waals surface area contributed by atoms with Crippen molar-refractivity contribution in [2.75, 3.05) is 18.9 Å². The Labute approximate surface area is 126 Å². The smallest absolute Gasteiger partial charge is 0.226 e. The van der Waals surface area contributed by atoms with Gasteiger partial charge in [0.2, 0.25) is 11.8 Å². The van der Waals surface area contributed by atoms with E-state index in [2.05, 4.69) is 9.97 Å². The fourth-order valence-electron chi connectivity index (χ4n) is 2.23. The maximum Gasteiger partial charge on any atom is 0.226 e. The van der Waals surface area contributed by atoms with Crippen molar-refractivity contribution >= 4 is 16.9 Å². The van der Waals surface area contributed by atoms with E-state index < -0.39 is 0 Å². The van der Waals surface area contributed by atoms with Gasteiger partial charge in [-0.05, 0) is 35.4 Å². The molecule has 0 saturated carbocycles. The Morgan fingerprint density at radius 3 is 2.64 bits per heavy atom. The largest absolute Gasteiger partial charge is 0.508 e. The van der Waals surface area contributed by atoms with Gasteiger partial charge in [0.05, 0.1) is 17.5 Å².